The molecule has 1 amide bonds. The Morgan fingerprint density at radius 3 is 2.79 bits per heavy atom. The number of piperidine rings is 1. The van der Waals surface area contributed by atoms with E-state index in [2.05, 4.69) is 37.8 Å². The third kappa shape index (κ3) is 3.82. The highest BCUT2D eigenvalue weighted by Gasteiger charge is 2.27. The van der Waals surface area contributed by atoms with E-state index in [9.17, 15) is 4.79 Å². The third-order valence-corrected chi connectivity index (χ3v) is 5.70. The lowest BCUT2D eigenvalue weighted by Crippen LogP contribution is -2.41. The minimum atomic E-state index is 0.0299. The molecule has 2 unspecified atom stereocenters. The van der Waals surface area contributed by atoms with E-state index in [4.69, 9.17) is 4.74 Å². The second-order valence-electron chi connectivity index (χ2n) is 7.12. The molecule has 130 valence electrons. The summed E-state index contributed by atoms with van der Waals surface area (Å²) in [7, 11) is 0. The molecule has 1 aliphatic carbocycles. The summed E-state index contributed by atoms with van der Waals surface area (Å²) >= 11 is 0. The molecule has 3 rings (SSSR count). The zero-order chi connectivity index (χ0) is 16.9. The molecule has 2 aliphatic rings. The van der Waals surface area contributed by atoms with Gasteiger partial charge in [0.15, 0.2) is 0 Å². The van der Waals surface area contributed by atoms with Crippen molar-refractivity contribution in [2.24, 2.45) is 5.92 Å². The van der Waals surface area contributed by atoms with E-state index < -0.39 is 0 Å². The van der Waals surface area contributed by atoms with Crippen LogP contribution in [0.3, 0.4) is 0 Å². The summed E-state index contributed by atoms with van der Waals surface area (Å²) in [5.74, 6) is 2.55. The van der Waals surface area contributed by atoms with Crippen LogP contribution < -0.4 is 4.74 Å². The summed E-state index contributed by atoms with van der Waals surface area (Å²) in [6.45, 7) is 7.39. The minimum Gasteiger partial charge on any atom is -0.490 e. The first-order valence-corrected chi connectivity index (χ1v) is 9.39. The van der Waals surface area contributed by atoms with Gasteiger partial charge in [0.05, 0.1) is 0 Å². The van der Waals surface area contributed by atoms with E-state index >= 15 is 0 Å². The molecule has 24 heavy (non-hydrogen) atoms. The molecule has 1 saturated heterocycles. The van der Waals surface area contributed by atoms with Crippen molar-refractivity contribution in [3.05, 3.63) is 42.5 Å². The van der Waals surface area contributed by atoms with Crippen LogP contribution in [0.4, 0.5) is 0 Å². The molecule has 1 aromatic carbocycles. The topological polar surface area (TPSA) is 29.5 Å². The SMILES string of the molecule is C=CC(=O)N1CCC(Oc2cccc(C3CCCC3CC)c2)CC1. The van der Waals surface area contributed by atoms with Gasteiger partial charge in [-0.25, -0.2) is 0 Å². The van der Waals surface area contributed by atoms with Crippen LogP contribution in [0.5, 0.6) is 5.75 Å². The highest BCUT2D eigenvalue weighted by molar-refractivity contribution is 5.87. The second kappa shape index (κ2) is 7.87. The van der Waals surface area contributed by atoms with Crippen molar-refractivity contribution in [3.8, 4) is 5.75 Å². The van der Waals surface area contributed by atoms with Crippen molar-refractivity contribution in [1.82, 2.24) is 4.90 Å². The normalized spacial score (nSPS) is 24.8. The molecule has 0 aromatic heterocycles. The Hall–Kier alpha value is -1.77. The predicted octanol–water partition coefficient (Wildman–Crippen LogP) is 4.54. The summed E-state index contributed by atoms with van der Waals surface area (Å²) in [4.78, 5) is 13.5. The summed E-state index contributed by atoms with van der Waals surface area (Å²) in [5, 5.41) is 0. The van der Waals surface area contributed by atoms with Gasteiger partial charge in [0.25, 0.3) is 0 Å². The number of ether oxygens (including phenoxy) is 1. The van der Waals surface area contributed by atoms with Gasteiger partial charge < -0.3 is 9.64 Å². The van der Waals surface area contributed by atoms with Gasteiger partial charge in [0, 0.05) is 25.9 Å². The van der Waals surface area contributed by atoms with Crippen molar-refractivity contribution in [3.63, 3.8) is 0 Å². The number of rotatable bonds is 5. The molecule has 1 heterocycles. The Balaban J connectivity index is 1.59. The number of benzene rings is 1. The van der Waals surface area contributed by atoms with Gasteiger partial charge >= 0.3 is 0 Å². The van der Waals surface area contributed by atoms with Gasteiger partial charge in [0.1, 0.15) is 11.9 Å². The van der Waals surface area contributed by atoms with Crippen molar-refractivity contribution in [1.29, 1.82) is 0 Å². The quantitative estimate of drug-likeness (QED) is 0.743. The van der Waals surface area contributed by atoms with Crippen LogP contribution in [-0.4, -0.2) is 30.0 Å². The molecule has 1 aromatic rings. The van der Waals surface area contributed by atoms with E-state index in [1.54, 1.807) is 0 Å². The summed E-state index contributed by atoms with van der Waals surface area (Å²) in [5.41, 5.74) is 1.44. The molecule has 1 saturated carbocycles. The number of amides is 1. The fraction of sp³-hybridized carbons (Fsp3) is 0.571. The summed E-state index contributed by atoms with van der Waals surface area (Å²) < 4.78 is 6.22. The standard InChI is InChI=1S/C21H29NO2/c1-3-16-7-6-10-20(16)17-8-5-9-19(15-17)24-18-11-13-22(14-12-18)21(23)4-2/h4-5,8-9,15-16,18,20H,2-3,6-7,10-14H2,1H3. The molecule has 3 nitrogen and oxygen atoms in total. The van der Waals surface area contributed by atoms with Crippen LogP contribution in [0, 0.1) is 5.92 Å². The molecule has 1 aliphatic heterocycles. The lowest BCUT2D eigenvalue weighted by Gasteiger charge is -2.31. The molecule has 0 radical (unpaired) electrons. The Bertz CT molecular complexity index is 575. The van der Waals surface area contributed by atoms with Crippen molar-refractivity contribution in [2.45, 2.75) is 57.5 Å². The molecular formula is C21H29NO2. The van der Waals surface area contributed by atoms with Crippen molar-refractivity contribution >= 4 is 5.91 Å². The second-order valence-corrected chi connectivity index (χ2v) is 7.12. The first kappa shape index (κ1) is 17.1. The van der Waals surface area contributed by atoms with Crippen LogP contribution in [0.1, 0.15) is 56.9 Å². The minimum absolute atomic E-state index is 0.0299. The summed E-state index contributed by atoms with van der Waals surface area (Å²) in [6.07, 6.45) is 8.69. The van der Waals surface area contributed by atoms with E-state index in [0.717, 1.165) is 37.6 Å². The number of hydrogen-bond acceptors (Lipinski definition) is 2. The number of carbonyl (C=O) groups is 1. The van der Waals surface area contributed by atoms with Crippen LogP contribution in [0.25, 0.3) is 0 Å². The highest BCUT2D eigenvalue weighted by atomic mass is 16.5. The average Bonchev–Trinajstić information content (AvgIpc) is 3.11. The molecule has 2 fully saturated rings. The van der Waals surface area contributed by atoms with E-state index in [0.29, 0.717) is 5.92 Å². The Labute approximate surface area is 145 Å². The van der Waals surface area contributed by atoms with Gasteiger partial charge in [-0.2, -0.15) is 0 Å². The predicted molar refractivity (Wildman–Crippen MR) is 97.2 cm³/mol. The zero-order valence-electron chi connectivity index (χ0n) is 14.7. The highest BCUT2D eigenvalue weighted by Crippen LogP contribution is 2.42. The van der Waals surface area contributed by atoms with Gasteiger partial charge in [-0.05, 0) is 48.4 Å². The van der Waals surface area contributed by atoms with Gasteiger partial charge in [-0.1, -0.05) is 38.5 Å². The number of nitrogens with zero attached hydrogens (tertiary/aromatic N) is 1. The molecular weight excluding hydrogens is 298 g/mol. The smallest absolute Gasteiger partial charge is 0.245 e. The molecule has 3 heteroatoms. The van der Waals surface area contributed by atoms with Crippen LogP contribution in [0.2, 0.25) is 0 Å². The molecule has 2 atom stereocenters. The summed E-state index contributed by atoms with van der Waals surface area (Å²) in [6, 6.07) is 8.71. The lowest BCUT2D eigenvalue weighted by molar-refractivity contribution is -0.127. The zero-order valence-corrected chi connectivity index (χ0v) is 14.7. The maximum absolute atomic E-state index is 11.6. The van der Waals surface area contributed by atoms with E-state index in [1.165, 1.54) is 37.3 Å². The maximum atomic E-state index is 11.6. The van der Waals surface area contributed by atoms with E-state index in [-0.39, 0.29) is 12.0 Å². The number of likely N-dealkylation sites (tertiary alicyclic amines) is 1. The van der Waals surface area contributed by atoms with Crippen LogP contribution in [0.15, 0.2) is 36.9 Å². The Morgan fingerprint density at radius 2 is 2.08 bits per heavy atom. The van der Waals surface area contributed by atoms with Gasteiger partial charge in [-0.3, -0.25) is 4.79 Å². The van der Waals surface area contributed by atoms with Crippen LogP contribution >= 0.6 is 0 Å². The maximum Gasteiger partial charge on any atom is 0.245 e. The third-order valence-electron chi connectivity index (χ3n) is 5.70. The fourth-order valence-electron chi connectivity index (χ4n) is 4.30. The molecule has 0 bridgehead atoms. The average molecular weight is 327 g/mol. The molecule has 0 spiro atoms. The Morgan fingerprint density at radius 1 is 1.29 bits per heavy atom. The first-order chi connectivity index (χ1) is 11.7. The largest absolute Gasteiger partial charge is 0.490 e. The molecule has 0 N–H and O–H groups in total. The first-order valence-electron chi connectivity index (χ1n) is 9.39. The number of hydrogen-bond donors (Lipinski definition) is 0. The van der Waals surface area contributed by atoms with Crippen molar-refractivity contribution in [2.75, 3.05) is 13.1 Å². The van der Waals surface area contributed by atoms with Crippen LogP contribution in [-0.2, 0) is 4.79 Å². The lowest BCUT2D eigenvalue weighted by atomic mass is 9.87. The number of carbonyl (C=O) groups excluding carboxylic acids is 1. The van der Waals surface area contributed by atoms with Gasteiger partial charge in [0.2, 0.25) is 5.91 Å². The van der Waals surface area contributed by atoms with Gasteiger partial charge in [-0.15, -0.1) is 0 Å². The van der Waals surface area contributed by atoms with E-state index in [1.807, 2.05) is 4.90 Å². The Kier molecular flexibility index (Phi) is 5.60. The fourth-order valence-corrected chi connectivity index (χ4v) is 4.30. The monoisotopic (exact) mass is 327 g/mol. The van der Waals surface area contributed by atoms with Crippen molar-refractivity contribution < 1.29 is 9.53 Å².